The van der Waals surface area contributed by atoms with Crippen molar-refractivity contribution in [2.75, 3.05) is 6.61 Å². The van der Waals surface area contributed by atoms with Gasteiger partial charge in [-0.05, 0) is 6.42 Å². The first-order valence-electron chi connectivity index (χ1n) is 2.94. The molecule has 0 fully saturated rings. The van der Waals surface area contributed by atoms with E-state index in [1.54, 1.807) is 0 Å². The van der Waals surface area contributed by atoms with Crippen LogP contribution in [0, 0.1) is 0 Å². The zero-order valence-corrected chi connectivity index (χ0v) is 7.73. The van der Waals surface area contributed by atoms with E-state index in [1.165, 1.54) is 0 Å². The molecule has 0 spiro atoms. The fourth-order valence-corrected chi connectivity index (χ4v) is 1.41. The molecule has 1 unspecified atom stereocenters. The Labute approximate surface area is 65.4 Å². The van der Waals surface area contributed by atoms with E-state index < -0.39 is 17.1 Å². The van der Waals surface area contributed by atoms with Gasteiger partial charge in [-0.1, -0.05) is 0 Å². The molecule has 6 nitrogen and oxygen atoms in total. The average Bonchev–Trinajstić information content (AvgIpc) is 1.78. The predicted octanol–water partition coefficient (Wildman–Crippen LogP) is -1.31. The minimum atomic E-state index is -3.98. The van der Waals surface area contributed by atoms with Gasteiger partial charge < -0.3 is 23.8 Å². The van der Waals surface area contributed by atoms with E-state index >= 15 is 0 Å². The lowest BCUT2D eigenvalue weighted by Gasteiger charge is -2.07. The maximum absolute atomic E-state index is 9.91. The summed E-state index contributed by atoms with van der Waals surface area (Å²) in [7, 11) is -6.91. The molecule has 0 aromatic carbocycles. The third-order valence-corrected chi connectivity index (χ3v) is 2.36. The van der Waals surface area contributed by atoms with Gasteiger partial charge in [-0.2, -0.15) is 0 Å². The summed E-state index contributed by atoms with van der Waals surface area (Å²) in [5.74, 6) is 0. The molecule has 4 N–H and O–H groups in total. The van der Waals surface area contributed by atoms with Crippen molar-refractivity contribution in [2.24, 2.45) is 0 Å². The van der Waals surface area contributed by atoms with Gasteiger partial charge in [0.1, 0.15) is 0 Å². The second-order valence-corrected chi connectivity index (χ2v) is 4.86. The summed E-state index contributed by atoms with van der Waals surface area (Å²) in [6.07, 6.45) is 0.159. The second kappa shape index (κ2) is 4.99. The van der Waals surface area contributed by atoms with Gasteiger partial charge in [-0.15, -0.1) is 0 Å². The second-order valence-electron chi connectivity index (χ2n) is 1.99. The van der Waals surface area contributed by atoms with Crippen molar-refractivity contribution in [3.05, 3.63) is 0 Å². The van der Waals surface area contributed by atoms with Gasteiger partial charge in [0.2, 0.25) is 0 Å². The van der Waals surface area contributed by atoms with Crippen molar-refractivity contribution >= 4 is 17.1 Å². The highest BCUT2D eigenvalue weighted by Crippen LogP contribution is 2.15. The summed E-state index contributed by atoms with van der Waals surface area (Å²) in [4.78, 5) is 33.5. The van der Waals surface area contributed by atoms with Gasteiger partial charge in [0.15, 0.2) is 0 Å². The molecule has 0 saturated carbocycles. The van der Waals surface area contributed by atoms with E-state index in [9.17, 15) is 4.57 Å². The van der Waals surface area contributed by atoms with Gasteiger partial charge in [0, 0.05) is 6.04 Å². The third-order valence-electron chi connectivity index (χ3n) is 0.882. The first-order valence-corrected chi connectivity index (χ1v) is 6.26. The maximum atomic E-state index is 9.91. The zero-order valence-electron chi connectivity index (χ0n) is 5.73. The average molecular weight is 202 g/mol. The molecule has 0 aromatic rings. The van der Waals surface area contributed by atoms with Gasteiger partial charge >= 0.3 is 17.1 Å². The molecular formula is C3H11O6PSi. The van der Waals surface area contributed by atoms with Crippen molar-refractivity contribution in [1.29, 1.82) is 0 Å². The Bertz CT molecular complexity index is 132. The molecule has 0 aromatic heterocycles. The monoisotopic (exact) mass is 202 g/mol. The van der Waals surface area contributed by atoms with Crippen LogP contribution < -0.4 is 0 Å². The summed E-state index contributed by atoms with van der Waals surface area (Å²) in [6, 6.07) is -0.178. The van der Waals surface area contributed by atoms with Gasteiger partial charge in [-0.3, -0.25) is 4.57 Å². The summed E-state index contributed by atoms with van der Waals surface area (Å²) < 4.78 is 14.1. The van der Waals surface area contributed by atoms with E-state index in [2.05, 4.69) is 4.52 Å². The summed E-state index contributed by atoms with van der Waals surface area (Å²) in [5, 5.41) is 0. The summed E-state index contributed by atoms with van der Waals surface area (Å²) in [6.45, 7) is -0.0509. The number of hydrogen-bond donors (Lipinski definition) is 4. The Morgan fingerprint density at radius 1 is 1.36 bits per heavy atom. The molecule has 0 rings (SSSR count). The van der Waals surface area contributed by atoms with Gasteiger partial charge in [0.25, 0.3) is 0 Å². The SMILES string of the molecule is O=[PH](O)OCCC[Si](O)(O)O. The smallest absolute Gasteiger partial charge is 0.390 e. The molecule has 0 aliphatic heterocycles. The Morgan fingerprint density at radius 2 is 1.91 bits per heavy atom. The Morgan fingerprint density at radius 3 is 2.27 bits per heavy atom. The molecule has 0 radical (unpaired) electrons. The molecule has 11 heavy (non-hydrogen) atoms. The van der Waals surface area contributed by atoms with Gasteiger partial charge in [-0.25, -0.2) is 0 Å². The van der Waals surface area contributed by atoms with E-state index in [0.29, 0.717) is 0 Å². The standard InChI is InChI=1S/C3H11O6PSi/c4-10(5)9-2-1-3-11(6,7)8/h6-8,10H,1-3H2,(H,4,5). The van der Waals surface area contributed by atoms with Crippen LogP contribution in [-0.2, 0) is 9.09 Å². The first kappa shape index (κ1) is 11.2. The maximum Gasteiger partial charge on any atom is 0.492 e. The van der Waals surface area contributed by atoms with Crippen LogP contribution in [0.4, 0.5) is 0 Å². The molecule has 0 aliphatic carbocycles. The highest BCUT2D eigenvalue weighted by atomic mass is 31.1. The van der Waals surface area contributed by atoms with Crippen molar-refractivity contribution in [2.45, 2.75) is 12.5 Å². The van der Waals surface area contributed by atoms with E-state index in [4.69, 9.17) is 19.3 Å². The van der Waals surface area contributed by atoms with Crippen LogP contribution in [-0.4, -0.2) is 34.7 Å². The van der Waals surface area contributed by atoms with Crippen LogP contribution >= 0.6 is 8.25 Å². The lowest BCUT2D eigenvalue weighted by Crippen LogP contribution is -2.34. The minimum Gasteiger partial charge on any atom is -0.390 e. The fraction of sp³-hybridized carbons (Fsp3) is 1.00. The van der Waals surface area contributed by atoms with Crippen molar-refractivity contribution in [3.63, 3.8) is 0 Å². The molecule has 8 heteroatoms. The minimum absolute atomic E-state index is 0.0509. The van der Waals surface area contributed by atoms with E-state index in [0.717, 1.165) is 0 Å². The Balaban J connectivity index is 3.22. The lowest BCUT2D eigenvalue weighted by molar-refractivity contribution is 0.217. The topological polar surface area (TPSA) is 107 Å². The molecule has 0 saturated heterocycles. The zero-order chi connectivity index (χ0) is 8.91. The summed E-state index contributed by atoms with van der Waals surface area (Å²) >= 11 is 0. The normalized spacial score (nSPS) is 14.9. The highest BCUT2D eigenvalue weighted by molar-refractivity contribution is 7.32. The molecule has 68 valence electrons. The van der Waals surface area contributed by atoms with Crippen molar-refractivity contribution in [1.82, 2.24) is 0 Å². The van der Waals surface area contributed by atoms with E-state index in [-0.39, 0.29) is 19.1 Å². The molecule has 0 bridgehead atoms. The van der Waals surface area contributed by atoms with Crippen LogP contribution in [0.3, 0.4) is 0 Å². The molecular weight excluding hydrogens is 191 g/mol. The molecule has 1 atom stereocenters. The number of hydrogen-bond acceptors (Lipinski definition) is 5. The lowest BCUT2D eigenvalue weighted by atomic mass is 10.5. The van der Waals surface area contributed by atoms with Crippen molar-refractivity contribution in [3.8, 4) is 0 Å². The largest absolute Gasteiger partial charge is 0.492 e. The molecule has 0 aliphatic rings. The summed E-state index contributed by atoms with van der Waals surface area (Å²) in [5.41, 5.74) is 0. The Hall–Kier alpha value is 0.247. The van der Waals surface area contributed by atoms with Crippen LogP contribution in [0.1, 0.15) is 6.42 Å². The van der Waals surface area contributed by atoms with Crippen LogP contribution in [0.2, 0.25) is 6.04 Å². The first-order chi connectivity index (χ1) is 4.92. The quantitative estimate of drug-likeness (QED) is 0.250. The molecule has 0 amide bonds. The van der Waals surface area contributed by atoms with Crippen LogP contribution in [0.15, 0.2) is 0 Å². The Kier molecular flexibility index (Phi) is 5.10. The number of rotatable bonds is 5. The van der Waals surface area contributed by atoms with Crippen LogP contribution in [0.5, 0.6) is 0 Å². The third kappa shape index (κ3) is 10.2. The van der Waals surface area contributed by atoms with Crippen molar-refractivity contribution < 1.29 is 28.4 Å². The molecule has 0 heterocycles. The van der Waals surface area contributed by atoms with Gasteiger partial charge in [0.05, 0.1) is 6.61 Å². The van der Waals surface area contributed by atoms with Crippen LogP contribution in [0.25, 0.3) is 0 Å². The highest BCUT2D eigenvalue weighted by Gasteiger charge is 2.25. The van der Waals surface area contributed by atoms with E-state index in [1.807, 2.05) is 0 Å². The fourth-order valence-electron chi connectivity index (χ4n) is 0.469. The predicted molar refractivity (Wildman–Crippen MR) is 39.0 cm³/mol.